The van der Waals surface area contributed by atoms with Crippen LogP contribution in [-0.4, -0.2) is 4.98 Å². The highest BCUT2D eigenvalue weighted by atomic mass is 79.9. The molecular formula is C15H13BrCl2N2. The van der Waals surface area contributed by atoms with E-state index in [2.05, 4.69) is 38.4 Å². The maximum absolute atomic E-state index is 6.16. The molecule has 0 spiro atoms. The van der Waals surface area contributed by atoms with E-state index in [-0.39, 0.29) is 6.04 Å². The van der Waals surface area contributed by atoms with Gasteiger partial charge >= 0.3 is 0 Å². The lowest BCUT2D eigenvalue weighted by Crippen LogP contribution is -2.13. The van der Waals surface area contributed by atoms with Crippen LogP contribution in [0.4, 0.5) is 5.69 Å². The molecule has 1 saturated carbocycles. The summed E-state index contributed by atoms with van der Waals surface area (Å²) >= 11 is 15.5. The summed E-state index contributed by atoms with van der Waals surface area (Å²) in [5, 5.41) is 4.77. The molecule has 1 atom stereocenters. The molecule has 2 nitrogen and oxygen atoms in total. The Hall–Kier alpha value is -0.770. The number of nitrogens with one attached hydrogen (secondary N) is 1. The van der Waals surface area contributed by atoms with Gasteiger partial charge in [-0.2, -0.15) is 0 Å². The van der Waals surface area contributed by atoms with Crippen molar-refractivity contribution in [2.45, 2.75) is 18.9 Å². The summed E-state index contributed by atoms with van der Waals surface area (Å²) < 4.78 is 0.912. The predicted octanol–water partition coefficient (Wildman–Crippen LogP) is 5.71. The lowest BCUT2D eigenvalue weighted by atomic mass is 10.0. The second-order valence-corrected chi connectivity index (χ2v) is 6.71. The van der Waals surface area contributed by atoms with Crippen molar-refractivity contribution < 1.29 is 0 Å². The van der Waals surface area contributed by atoms with Gasteiger partial charge in [-0.1, -0.05) is 35.3 Å². The van der Waals surface area contributed by atoms with Crippen molar-refractivity contribution in [3.05, 3.63) is 56.7 Å². The van der Waals surface area contributed by atoms with Crippen LogP contribution in [0.5, 0.6) is 0 Å². The molecule has 104 valence electrons. The predicted molar refractivity (Wildman–Crippen MR) is 87.5 cm³/mol. The first-order valence-electron chi connectivity index (χ1n) is 6.46. The lowest BCUT2D eigenvalue weighted by molar-refractivity contribution is 0.678. The van der Waals surface area contributed by atoms with Crippen LogP contribution in [0.25, 0.3) is 0 Å². The molecule has 5 heteroatoms. The standard InChI is InChI=1S/C15H13BrCl2N2/c16-11-7-13(15(18)19-8-11)20-14(9-1-2-9)10-3-5-12(17)6-4-10/h3-9,14,20H,1-2H2. The molecule has 1 unspecified atom stereocenters. The van der Waals surface area contributed by atoms with Gasteiger partial charge in [0.05, 0.1) is 11.7 Å². The van der Waals surface area contributed by atoms with Crippen molar-refractivity contribution in [1.29, 1.82) is 0 Å². The third-order valence-corrected chi connectivity index (χ3v) is 4.43. The number of halogens is 3. The van der Waals surface area contributed by atoms with E-state index in [1.807, 2.05) is 18.2 Å². The van der Waals surface area contributed by atoms with Crippen LogP contribution in [0.2, 0.25) is 10.2 Å². The quantitative estimate of drug-likeness (QED) is 0.695. The second kappa shape index (κ2) is 5.92. The molecule has 0 bridgehead atoms. The zero-order valence-electron chi connectivity index (χ0n) is 10.6. The summed E-state index contributed by atoms with van der Waals surface area (Å²) in [5.74, 6) is 0.645. The van der Waals surface area contributed by atoms with Crippen molar-refractivity contribution in [3.63, 3.8) is 0 Å². The van der Waals surface area contributed by atoms with Gasteiger partial charge in [0.1, 0.15) is 0 Å². The van der Waals surface area contributed by atoms with Crippen LogP contribution < -0.4 is 5.32 Å². The van der Waals surface area contributed by atoms with Gasteiger partial charge in [0.15, 0.2) is 5.15 Å². The lowest BCUT2D eigenvalue weighted by Gasteiger charge is -2.21. The van der Waals surface area contributed by atoms with Gasteiger partial charge in [-0.25, -0.2) is 4.98 Å². The van der Waals surface area contributed by atoms with E-state index in [1.54, 1.807) is 6.20 Å². The average molecular weight is 372 g/mol. The van der Waals surface area contributed by atoms with E-state index in [0.29, 0.717) is 11.1 Å². The molecule has 0 radical (unpaired) electrons. The number of benzene rings is 1. The minimum atomic E-state index is 0.251. The molecule has 20 heavy (non-hydrogen) atoms. The van der Waals surface area contributed by atoms with Crippen LogP contribution >= 0.6 is 39.1 Å². The molecule has 0 amide bonds. The summed E-state index contributed by atoms with van der Waals surface area (Å²) in [6.07, 6.45) is 4.17. The normalized spacial score (nSPS) is 15.9. The fourth-order valence-corrected chi connectivity index (χ4v) is 2.88. The average Bonchev–Trinajstić information content (AvgIpc) is 3.25. The van der Waals surface area contributed by atoms with E-state index in [1.165, 1.54) is 18.4 Å². The first kappa shape index (κ1) is 14.2. The highest BCUT2D eigenvalue weighted by Crippen LogP contribution is 2.43. The second-order valence-electron chi connectivity index (χ2n) is 5.00. The van der Waals surface area contributed by atoms with Crippen LogP contribution in [0.1, 0.15) is 24.4 Å². The minimum absolute atomic E-state index is 0.251. The maximum atomic E-state index is 6.16. The van der Waals surface area contributed by atoms with Gasteiger partial charge < -0.3 is 5.32 Å². The number of pyridine rings is 1. The molecule has 3 rings (SSSR count). The Labute approximate surface area is 136 Å². The van der Waals surface area contributed by atoms with Gasteiger partial charge in [0.2, 0.25) is 0 Å². The highest BCUT2D eigenvalue weighted by Gasteiger charge is 2.32. The Morgan fingerprint density at radius 3 is 2.55 bits per heavy atom. The first-order valence-corrected chi connectivity index (χ1v) is 8.01. The maximum Gasteiger partial charge on any atom is 0.152 e. The molecule has 1 aliphatic rings. The van der Waals surface area contributed by atoms with Crippen LogP contribution in [-0.2, 0) is 0 Å². The SMILES string of the molecule is Clc1ccc(C(Nc2cc(Br)cnc2Cl)C2CC2)cc1. The Balaban J connectivity index is 1.88. The molecular weight excluding hydrogens is 359 g/mol. The number of nitrogens with zero attached hydrogens (tertiary/aromatic N) is 1. The van der Waals surface area contributed by atoms with Crippen molar-refractivity contribution in [2.24, 2.45) is 5.92 Å². The van der Waals surface area contributed by atoms with Gasteiger partial charge in [-0.3, -0.25) is 0 Å². The third-order valence-electron chi connectivity index (χ3n) is 3.44. The van der Waals surface area contributed by atoms with Crippen molar-refractivity contribution in [2.75, 3.05) is 5.32 Å². The fraction of sp³-hybridized carbons (Fsp3) is 0.267. The zero-order valence-corrected chi connectivity index (χ0v) is 13.7. The summed E-state index contributed by atoms with van der Waals surface area (Å²) in [4.78, 5) is 4.15. The summed E-state index contributed by atoms with van der Waals surface area (Å²) in [7, 11) is 0. The molecule has 1 aromatic heterocycles. The van der Waals surface area contributed by atoms with Crippen LogP contribution in [0, 0.1) is 5.92 Å². The van der Waals surface area contributed by atoms with E-state index in [0.717, 1.165) is 15.2 Å². The van der Waals surface area contributed by atoms with Gasteiger partial charge in [0, 0.05) is 15.7 Å². The van der Waals surface area contributed by atoms with Crippen LogP contribution in [0.3, 0.4) is 0 Å². The Bertz CT molecular complexity index is 612. The van der Waals surface area contributed by atoms with Gasteiger partial charge in [-0.15, -0.1) is 0 Å². The monoisotopic (exact) mass is 370 g/mol. The van der Waals surface area contributed by atoms with E-state index < -0.39 is 0 Å². The van der Waals surface area contributed by atoms with Crippen LogP contribution in [0.15, 0.2) is 41.0 Å². The summed E-state index contributed by atoms with van der Waals surface area (Å²) in [5.41, 5.74) is 2.08. The van der Waals surface area contributed by atoms with Gasteiger partial charge in [0.25, 0.3) is 0 Å². The number of hydrogen-bond acceptors (Lipinski definition) is 2. The highest BCUT2D eigenvalue weighted by molar-refractivity contribution is 9.10. The first-order chi connectivity index (χ1) is 9.63. The molecule has 1 heterocycles. The van der Waals surface area contributed by atoms with E-state index in [9.17, 15) is 0 Å². The van der Waals surface area contributed by atoms with Crippen molar-refractivity contribution >= 4 is 44.8 Å². The fourth-order valence-electron chi connectivity index (χ4n) is 2.26. The largest absolute Gasteiger partial charge is 0.375 e. The molecule has 0 aliphatic heterocycles. The molecule has 0 saturated heterocycles. The number of rotatable bonds is 4. The molecule has 1 aliphatic carbocycles. The Morgan fingerprint density at radius 1 is 1.20 bits per heavy atom. The van der Waals surface area contributed by atoms with E-state index >= 15 is 0 Å². The number of aromatic nitrogens is 1. The Kier molecular flexibility index (Phi) is 4.20. The Morgan fingerprint density at radius 2 is 1.90 bits per heavy atom. The summed E-state index contributed by atoms with van der Waals surface area (Å²) in [6.45, 7) is 0. The molecule has 1 fully saturated rings. The van der Waals surface area contributed by atoms with Gasteiger partial charge in [-0.05, 0) is 58.5 Å². The minimum Gasteiger partial charge on any atom is -0.375 e. The zero-order chi connectivity index (χ0) is 14.1. The topological polar surface area (TPSA) is 24.9 Å². The van der Waals surface area contributed by atoms with E-state index in [4.69, 9.17) is 23.2 Å². The number of anilines is 1. The molecule has 1 N–H and O–H groups in total. The van der Waals surface area contributed by atoms with Crippen molar-refractivity contribution in [3.8, 4) is 0 Å². The summed E-state index contributed by atoms with van der Waals surface area (Å²) in [6, 6.07) is 10.2. The molecule has 1 aromatic carbocycles. The molecule has 2 aromatic rings. The number of hydrogen-bond donors (Lipinski definition) is 1. The third kappa shape index (κ3) is 3.27. The smallest absolute Gasteiger partial charge is 0.152 e. The van der Waals surface area contributed by atoms with Crippen molar-refractivity contribution in [1.82, 2.24) is 4.98 Å².